The summed E-state index contributed by atoms with van der Waals surface area (Å²) in [5, 5.41) is 16.2. The number of hydrogen-bond donors (Lipinski definition) is 2. The van der Waals surface area contributed by atoms with Crippen molar-refractivity contribution in [1.29, 1.82) is 5.26 Å². The molecule has 0 spiro atoms. The van der Waals surface area contributed by atoms with E-state index in [2.05, 4.69) is 25.4 Å². The lowest BCUT2D eigenvalue weighted by molar-refractivity contribution is -0.142. The van der Waals surface area contributed by atoms with Gasteiger partial charge in [0.2, 0.25) is 0 Å². The molecule has 0 aliphatic heterocycles. The highest BCUT2D eigenvalue weighted by Crippen LogP contribution is 2.27. The molecule has 0 fully saturated rings. The predicted octanol–water partition coefficient (Wildman–Crippen LogP) is 4.08. The Bertz CT molecular complexity index is 1380. The summed E-state index contributed by atoms with van der Waals surface area (Å²) in [6, 6.07) is 10.5. The smallest absolute Gasteiger partial charge is 0.339 e. The number of rotatable bonds is 5. The second-order valence-electron chi connectivity index (χ2n) is 7.99. The SMILES string of the molecule is CC(C)(C#N)NC(=O)c1cccc(-c2cnc3[nH]c(-c4cnn(CC(F)(F)F)c4)cc3c2)n1. The zero-order valence-electron chi connectivity index (χ0n) is 17.6. The molecule has 0 radical (unpaired) electrons. The van der Waals surface area contributed by atoms with Gasteiger partial charge in [-0.1, -0.05) is 6.07 Å². The summed E-state index contributed by atoms with van der Waals surface area (Å²) in [5.74, 6) is -0.475. The van der Waals surface area contributed by atoms with E-state index >= 15 is 0 Å². The third kappa shape index (κ3) is 5.01. The number of alkyl halides is 3. The molecule has 4 aromatic rings. The highest BCUT2D eigenvalue weighted by Gasteiger charge is 2.28. The van der Waals surface area contributed by atoms with Crippen molar-refractivity contribution in [2.75, 3.05) is 0 Å². The van der Waals surface area contributed by atoms with Crippen molar-refractivity contribution in [3.63, 3.8) is 0 Å². The number of aromatic nitrogens is 5. The van der Waals surface area contributed by atoms with Crippen LogP contribution in [0.3, 0.4) is 0 Å². The number of carbonyl (C=O) groups excluding carboxylic acids is 1. The van der Waals surface area contributed by atoms with Gasteiger partial charge in [-0.25, -0.2) is 9.97 Å². The molecule has 4 aromatic heterocycles. The predicted molar refractivity (Wildman–Crippen MR) is 114 cm³/mol. The number of H-pyrrole nitrogens is 1. The Morgan fingerprint density at radius 2 is 2.00 bits per heavy atom. The van der Waals surface area contributed by atoms with Crippen LogP contribution in [-0.4, -0.2) is 42.4 Å². The zero-order valence-corrected chi connectivity index (χ0v) is 17.6. The summed E-state index contributed by atoms with van der Waals surface area (Å²) in [6.07, 6.45) is -0.114. The van der Waals surface area contributed by atoms with Gasteiger partial charge in [0.25, 0.3) is 5.91 Å². The van der Waals surface area contributed by atoms with Crippen molar-refractivity contribution in [2.24, 2.45) is 0 Å². The van der Waals surface area contributed by atoms with Crippen molar-refractivity contribution < 1.29 is 18.0 Å². The number of amides is 1. The van der Waals surface area contributed by atoms with Gasteiger partial charge < -0.3 is 10.3 Å². The van der Waals surface area contributed by atoms with Crippen LogP contribution in [0.15, 0.2) is 48.9 Å². The third-order valence-corrected chi connectivity index (χ3v) is 4.74. The molecule has 0 aliphatic carbocycles. The molecule has 0 aliphatic rings. The van der Waals surface area contributed by atoms with Crippen molar-refractivity contribution in [3.05, 3.63) is 54.6 Å². The molecule has 8 nitrogen and oxygen atoms in total. The number of nitriles is 1. The minimum absolute atomic E-state index is 0.155. The molecule has 2 N–H and O–H groups in total. The van der Waals surface area contributed by atoms with Gasteiger partial charge in [0.05, 0.1) is 23.7 Å². The van der Waals surface area contributed by atoms with Gasteiger partial charge in [0.1, 0.15) is 23.4 Å². The zero-order chi connectivity index (χ0) is 23.8. The molecule has 4 rings (SSSR count). The molecule has 0 aromatic carbocycles. The lowest BCUT2D eigenvalue weighted by Gasteiger charge is -2.17. The maximum atomic E-state index is 12.6. The Hall–Kier alpha value is -4.20. The number of hydrogen-bond acceptors (Lipinski definition) is 5. The van der Waals surface area contributed by atoms with Crippen LogP contribution in [0.25, 0.3) is 33.5 Å². The highest BCUT2D eigenvalue weighted by atomic mass is 19.4. The average Bonchev–Trinajstić information content (AvgIpc) is 3.38. The van der Waals surface area contributed by atoms with Crippen LogP contribution in [0.5, 0.6) is 0 Å². The summed E-state index contributed by atoms with van der Waals surface area (Å²) in [5.41, 5.74) is 1.89. The second kappa shape index (κ2) is 8.05. The molecule has 4 heterocycles. The van der Waals surface area contributed by atoms with E-state index in [-0.39, 0.29) is 5.69 Å². The molecule has 0 bridgehead atoms. The number of carbonyl (C=O) groups is 1. The van der Waals surface area contributed by atoms with E-state index < -0.39 is 24.2 Å². The molecule has 0 atom stereocenters. The summed E-state index contributed by atoms with van der Waals surface area (Å²) in [4.78, 5) is 24.3. The topological polar surface area (TPSA) is 112 Å². The van der Waals surface area contributed by atoms with Crippen LogP contribution in [0.2, 0.25) is 0 Å². The van der Waals surface area contributed by atoms with E-state index in [0.29, 0.717) is 33.5 Å². The molecule has 33 heavy (non-hydrogen) atoms. The first-order valence-electron chi connectivity index (χ1n) is 9.82. The van der Waals surface area contributed by atoms with E-state index in [0.717, 1.165) is 4.68 Å². The Balaban J connectivity index is 1.61. The Kier molecular flexibility index (Phi) is 5.37. The fourth-order valence-corrected chi connectivity index (χ4v) is 3.18. The lowest BCUT2D eigenvalue weighted by atomic mass is 10.1. The third-order valence-electron chi connectivity index (χ3n) is 4.74. The summed E-state index contributed by atoms with van der Waals surface area (Å²) < 4.78 is 38.6. The Morgan fingerprint density at radius 3 is 2.73 bits per heavy atom. The Labute approximate surface area is 186 Å². The fraction of sp³-hybridized carbons (Fsp3) is 0.227. The number of fused-ring (bicyclic) bond motifs is 1. The van der Waals surface area contributed by atoms with Gasteiger partial charge in [-0.2, -0.15) is 23.5 Å². The van der Waals surface area contributed by atoms with Crippen molar-refractivity contribution in [3.8, 4) is 28.6 Å². The molecule has 11 heteroatoms. The number of nitrogens with zero attached hydrogens (tertiary/aromatic N) is 5. The van der Waals surface area contributed by atoms with Crippen LogP contribution in [0.4, 0.5) is 13.2 Å². The lowest BCUT2D eigenvalue weighted by Crippen LogP contribution is -2.42. The summed E-state index contributed by atoms with van der Waals surface area (Å²) in [7, 11) is 0. The average molecular weight is 453 g/mol. The number of nitrogens with one attached hydrogen (secondary N) is 2. The minimum Gasteiger partial charge on any atom is -0.339 e. The largest absolute Gasteiger partial charge is 0.408 e. The van der Waals surface area contributed by atoms with Gasteiger partial charge in [0, 0.05) is 28.9 Å². The molecule has 168 valence electrons. The fourth-order valence-electron chi connectivity index (χ4n) is 3.18. The van der Waals surface area contributed by atoms with Crippen molar-refractivity contribution in [2.45, 2.75) is 32.1 Å². The van der Waals surface area contributed by atoms with Gasteiger partial charge in [0.15, 0.2) is 0 Å². The molecular formula is C22H18F3N7O. The van der Waals surface area contributed by atoms with Gasteiger partial charge in [-0.15, -0.1) is 0 Å². The molecule has 0 unspecified atom stereocenters. The number of aromatic amines is 1. The van der Waals surface area contributed by atoms with Crippen LogP contribution >= 0.6 is 0 Å². The van der Waals surface area contributed by atoms with Crippen LogP contribution in [0, 0.1) is 11.3 Å². The second-order valence-corrected chi connectivity index (χ2v) is 7.99. The number of halogens is 3. The van der Waals surface area contributed by atoms with E-state index in [1.165, 1.54) is 12.4 Å². The first-order chi connectivity index (χ1) is 15.5. The van der Waals surface area contributed by atoms with E-state index in [9.17, 15) is 18.0 Å². The van der Waals surface area contributed by atoms with Crippen molar-refractivity contribution >= 4 is 16.9 Å². The first kappa shape index (κ1) is 22.0. The van der Waals surface area contributed by atoms with Crippen LogP contribution in [0.1, 0.15) is 24.3 Å². The summed E-state index contributed by atoms with van der Waals surface area (Å²) in [6.45, 7) is 2.00. The van der Waals surface area contributed by atoms with Crippen molar-refractivity contribution in [1.82, 2.24) is 30.0 Å². The van der Waals surface area contributed by atoms with Crippen LogP contribution in [-0.2, 0) is 6.54 Å². The van der Waals surface area contributed by atoms with E-state index in [1.54, 1.807) is 44.3 Å². The van der Waals surface area contributed by atoms with Gasteiger partial charge in [-0.3, -0.25) is 9.48 Å². The van der Waals surface area contributed by atoms with Gasteiger partial charge >= 0.3 is 6.18 Å². The quantitative estimate of drug-likeness (QED) is 0.473. The van der Waals surface area contributed by atoms with E-state index in [4.69, 9.17) is 5.26 Å². The molecule has 0 saturated heterocycles. The van der Waals surface area contributed by atoms with E-state index in [1.807, 2.05) is 12.1 Å². The Morgan fingerprint density at radius 1 is 1.21 bits per heavy atom. The minimum atomic E-state index is -4.36. The molecular weight excluding hydrogens is 435 g/mol. The maximum Gasteiger partial charge on any atom is 0.408 e. The highest BCUT2D eigenvalue weighted by molar-refractivity contribution is 5.94. The maximum absolute atomic E-state index is 12.6. The monoisotopic (exact) mass is 453 g/mol. The molecule has 0 saturated carbocycles. The standard InChI is InChI=1S/C22H18F3N7O/c1-21(2,11-26)31-20(33)17-5-3-4-16(29-17)14-6-13-7-18(30-19(13)27-8-14)15-9-28-32(10-15)12-22(23,24)25/h3-10H,12H2,1-2H3,(H,27,30)(H,31,33). The van der Waals surface area contributed by atoms with Crippen LogP contribution < -0.4 is 5.32 Å². The molecule has 1 amide bonds. The van der Waals surface area contributed by atoms with Gasteiger partial charge in [-0.05, 0) is 38.1 Å². The summed E-state index contributed by atoms with van der Waals surface area (Å²) >= 11 is 0. The normalized spacial score (nSPS) is 12.0. The first-order valence-corrected chi connectivity index (χ1v) is 9.82. The number of pyridine rings is 2.